The largest absolute Gasteiger partial charge is 0.497 e. The van der Waals surface area contributed by atoms with Crippen LogP contribution >= 0.6 is 0 Å². The van der Waals surface area contributed by atoms with Gasteiger partial charge in [-0.1, -0.05) is 0 Å². The Kier molecular flexibility index (Phi) is 2.77. The molecule has 0 unspecified atom stereocenters. The summed E-state index contributed by atoms with van der Waals surface area (Å²) in [4.78, 5) is 4.14. The van der Waals surface area contributed by atoms with Crippen molar-refractivity contribution in [1.29, 1.82) is 0 Å². The van der Waals surface area contributed by atoms with Crippen LogP contribution in [0.1, 0.15) is 19.4 Å². The second kappa shape index (κ2) is 3.98. The van der Waals surface area contributed by atoms with E-state index < -0.39 is 17.2 Å². The van der Waals surface area contributed by atoms with Gasteiger partial charge in [-0.2, -0.15) is 0 Å². The lowest BCUT2D eigenvalue weighted by Gasteiger charge is -2.07. The van der Waals surface area contributed by atoms with Crippen LogP contribution in [0.15, 0.2) is 17.1 Å². The Morgan fingerprint density at radius 1 is 1.29 bits per heavy atom. The van der Waals surface area contributed by atoms with E-state index in [0.717, 1.165) is 12.1 Å². The first kappa shape index (κ1) is 11.8. The van der Waals surface area contributed by atoms with Gasteiger partial charge in [0.2, 0.25) is 5.90 Å². The van der Waals surface area contributed by atoms with Gasteiger partial charge in [-0.3, -0.25) is 0 Å². The maximum absolute atomic E-state index is 13.7. The van der Waals surface area contributed by atoms with Crippen LogP contribution in [-0.4, -0.2) is 25.2 Å². The number of aliphatic imine (C=N–C) groups is 1. The molecule has 5 heteroatoms. The van der Waals surface area contributed by atoms with Crippen LogP contribution in [0.3, 0.4) is 0 Å². The Morgan fingerprint density at radius 2 is 1.88 bits per heavy atom. The smallest absolute Gasteiger partial charge is 0.222 e. The Hall–Kier alpha value is -1.65. The second-order valence-electron chi connectivity index (χ2n) is 4.48. The second-order valence-corrected chi connectivity index (χ2v) is 4.48. The van der Waals surface area contributed by atoms with Crippen molar-refractivity contribution in [3.05, 3.63) is 29.3 Å². The van der Waals surface area contributed by atoms with Crippen LogP contribution < -0.4 is 4.74 Å². The predicted octanol–water partition coefficient (Wildman–Crippen LogP) is 2.53. The molecule has 2 rings (SSSR count). The maximum atomic E-state index is 13.7. The van der Waals surface area contributed by atoms with Gasteiger partial charge < -0.3 is 9.47 Å². The zero-order chi connectivity index (χ0) is 12.6. The van der Waals surface area contributed by atoms with E-state index in [1.165, 1.54) is 7.11 Å². The third kappa shape index (κ3) is 2.23. The molecule has 0 aliphatic carbocycles. The predicted molar refractivity (Wildman–Crippen MR) is 59.5 cm³/mol. The topological polar surface area (TPSA) is 30.8 Å². The molecule has 0 spiro atoms. The molecule has 0 saturated carbocycles. The van der Waals surface area contributed by atoms with Gasteiger partial charge in [0.25, 0.3) is 0 Å². The van der Waals surface area contributed by atoms with Crippen LogP contribution in [-0.2, 0) is 4.74 Å². The van der Waals surface area contributed by atoms with E-state index in [9.17, 15) is 8.78 Å². The maximum Gasteiger partial charge on any atom is 0.222 e. The summed E-state index contributed by atoms with van der Waals surface area (Å²) in [5, 5.41) is 0. The Morgan fingerprint density at radius 3 is 2.29 bits per heavy atom. The Labute approximate surface area is 98.1 Å². The molecular formula is C12H13F2NO2. The van der Waals surface area contributed by atoms with E-state index >= 15 is 0 Å². The van der Waals surface area contributed by atoms with Crippen molar-refractivity contribution in [2.45, 2.75) is 19.4 Å². The molecule has 0 radical (unpaired) electrons. The van der Waals surface area contributed by atoms with Gasteiger partial charge in [-0.05, 0) is 13.8 Å². The molecule has 1 aromatic rings. The van der Waals surface area contributed by atoms with E-state index in [4.69, 9.17) is 9.47 Å². The first-order valence-corrected chi connectivity index (χ1v) is 5.19. The minimum Gasteiger partial charge on any atom is -0.497 e. The Bertz CT molecular complexity index is 460. The van der Waals surface area contributed by atoms with Crippen molar-refractivity contribution >= 4 is 5.90 Å². The molecule has 1 heterocycles. The van der Waals surface area contributed by atoms with E-state index in [1.807, 2.05) is 13.8 Å². The third-order valence-electron chi connectivity index (χ3n) is 2.43. The number of ether oxygens (including phenoxy) is 2. The lowest BCUT2D eigenvalue weighted by molar-refractivity contribution is 0.278. The van der Waals surface area contributed by atoms with Gasteiger partial charge in [0, 0.05) is 12.1 Å². The van der Waals surface area contributed by atoms with Crippen molar-refractivity contribution < 1.29 is 18.3 Å². The fraction of sp³-hybridized carbons (Fsp3) is 0.417. The van der Waals surface area contributed by atoms with Gasteiger partial charge in [0.1, 0.15) is 29.6 Å². The molecule has 0 saturated heterocycles. The van der Waals surface area contributed by atoms with Gasteiger partial charge in [-0.15, -0.1) is 0 Å². The van der Waals surface area contributed by atoms with E-state index in [0.29, 0.717) is 6.61 Å². The van der Waals surface area contributed by atoms with Crippen molar-refractivity contribution in [2.24, 2.45) is 4.99 Å². The average molecular weight is 241 g/mol. The molecular weight excluding hydrogens is 228 g/mol. The van der Waals surface area contributed by atoms with Crippen LogP contribution in [0.2, 0.25) is 0 Å². The highest BCUT2D eigenvalue weighted by Gasteiger charge is 2.30. The highest BCUT2D eigenvalue weighted by atomic mass is 19.1. The molecule has 0 bridgehead atoms. The summed E-state index contributed by atoms with van der Waals surface area (Å²) in [7, 11) is 1.35. The zero-order valence-electron chi connectivity index (χ0n) is 9.88. The molecule has 0 fully saturated rings. The number of halogens is 2. The summed E-state index contributed by atoms with van der Waals surface area (Å²) in [6, 6.07) is 2.21. The molecule has 0 amide bonds. The summed E-state index contributed by atoms with van der Waals surface area (Å²) >= 11 is 0. The molecule has 1 aliphatic heterocycles. The number of hydrogen-bond donors (Lipinski definition) is 0. The SMILES string of the molecule is COc1cc(F)c(C2=NC(C)(C)CO2)c(F)c1. The minimum absolute atomic E-state index is 0.00709. The van der Waals surface area contributed by atoms with Gasteiger partial charge in [0.15, 0.2) is 0 Å². The van der Waals surface area contributed by atoms with Gasteiger partial charge >= 0.3 is 0 Å². The Balaban J connectivity index is 2.47. The van der Waals surface area contributed by atoms with E-state index in [2.05, 4.69) is 4.99 Å². The number of methoxy groups -OCH3 is 1. The van der Waals surface area contributed by atoms with Crippen LogP contribution in [0.25, 0.3) is 0 Å². The standard InChI is InChI=1S/C12H13F2NO2/c1-12(2)6-17-11(15-12)10-8(13)4-7(16-3)5-9(10)14/h4-5H,6H2,1-3H3. The zero-order valence-corrected chi connectivity index (χ0v) is 9.88. The lowest BCUT2D eigenvalue weighted by atomic mass is 10.1. The fourth-order valence-electron chi connectivity index (χ4n) is 1.58. The van der Waals surface area contributed by atoms with Crippen molar-refractivity contribution in [3.63, 3.8) is 0 Å². The first-order chi connectivity index (χ1) is 7.93. The summed E-state index contributed by atoms with van der Waals surface area (Å²) in [5.41, 5.74) is -0.690. The highest BCUT2D eigenvalue weighted by molar-refractivity contribution is 5.96. The van der Waals surface area contributed by atoms with Crippen molar-refractivity contribution in [1.82, 2.24) is 0 Å². The highest BCUT2D eigenvalue weighted by Crippen LogP contribution is 2.26. The number of rotatable bonds is 2. The monoisotopic (exact) mass is 241 g/mol. The minimum atomic E-state index is -0.738. The molecule has 1 aliphatic rings. The summed E-state index contributed by atoms with van der Waals surface area (Å²) in [6.45, 7) is 3.98. The lowest BCUT2D eigenvalue weighted by Crippen LogP contribution is -2.17. The molecule has 0 aromatic heterocycles. The fourth-order valence-corrected chi connectivity index (χ4v) is 1.58. The number of nitrogens with zero attached hydrogens (tertiary/aromatic N) is 1. The quantitative estimate of drug-likeness (QED) is 0.796. The number of benzene rings is 1. The average Bonchev–Trinajstić information content (AvgIpc) is 2.57. The van der Waals surface area contributed by atoms with Crippen LogP contribution in [0.4, 0.5) is 8.78 Å². The van der Waals surface area contributed by atoms with Gasteiger partial charge in [0.05, 0.1) is 12.6 Å². The van der Waals surface area contributed by atoms with E-state index in [1.54, 1.807) is 0 Å². The first-order valence-electron chi connectivity index (χ1n) is 5.19. The summed E-state index contributed by atoms with van der Waals surface area (Å²) in [5.74, 6) is -1.34. The third-order valence-corrected chi connectivity index (χ3v) is 2.43. The van der Waals surface area contributed by atoms with Gasteiger partial charge in [-0.25, -0.2) is 13.8 Å². The summed E-state index contributed by atoms with van der Waals surface area (Å²) in [6.07, 6.45) is 0. The molecule has 1 aromatic carbocycles. The van der Waals surface area contributed by atoms with E-state index in [-0.39, 0.29) is 17.2 Å². The van der Waals surface area contributed by atoms with Crippen molar-refractivity contribution in [2.75, 3.05) is 13.7 Å². The molecule has 0 atom stereocenters. The summed E-state index contributed by atoms with van der Waals surface area (Å²) < 4.78 is 37.4. The van der Waals surface area contributed by atoms with Crippen molar-refractivity contribution in [3.8, 4) is 5.75 Å². The normalized spacial score (nSPS) is 17.6. The van der Waals surface area contributed by atoms with Crippen LogP contribution in [0, 0.1) is 11.6 Å². The molecule has 17 heavy (non-hydrogen) atoms. The molecule has 92 valence electrons. The molecule has 3 nitrogen and oxygen atoms in total. The number of hydrogen-bond acceptors (Lipinski definition) is 3. The molecule has 0 N–H and O–H groups in total. The van der Waals surface area contributed by atoms with Crippen LogP contribution in [0.5, 0.6) is 5.75 Å².